The monoisotopic (exact) mass is 227 g/mol. The number of furan rings is 1. The molecule has 74 valence electrons. The van der Waals surface area contributed by atoms with Gasteiger partial charge in [-0.05, 0) is 26.0 Å². The number of aromatic nitrogens is 1. The number of thiazole rings is 1. The van der Waals surface area contributed by atoms with Crippen LogP contribution < -0.4 is 0 Å². The van der Waals surface area contributed by atoms with Crippen molar-refractivity contribution in [3.8, 4) is 11.5 Å². The zero-order chi connectivity index (χ0) is 10.1. The van der Waals surface area contributed by atoms with Crippen LogP contribution >= 0.6 is 22.9 Å². The van der Waals surface area contributed by atoms with Crippen molar-refractivity contribution in [1.82, 2.24) is 4.98 Å². The highest BCUT2D eigenvalue weighted by atomic mass is 35.5. The Morgan fingerprint density at radius 2 is 2.21 bits per heavy atom. The zero-order valence-corrected chi connectivity index (χ0v) is 9.58. The van der Waals surface area contributed by atoms with E-state index in [4.69, 9.17) is 16.0 Å². The number of halogens is 1. The molecule has 0 atom stereocenters. The Balaban J connectivity index is 2.45. The van der Waals surface area contributed by atoms with Crippen LogP contribution in [0.1, 0.15) is 15.6 Å². The molecule has 0 amide bonds. The molecule has 0 saturated heterocycles. The molecule has 14 heavy (non-hydrogen) atoms. The summed E-state index contributed by atoms with van der Waals surface area (Å²) in [5.74, 6) is 2.19. The van der Waals surface area contributed by atoms with Crippen LogP contribution in [0.25, 0.3) is 11.5 Å². The van der Waals surface area contributed by atoms with Gasteiger partial charge in [-0.25, -0.2) is 4.98 Å². The average molecular weight is 228 g/mol. The molecular formula is C10H10ClNOS. The predicted molar refractivity (Wildman–Crippen MR) is 58.8 cm³/mol. The lowest BCUT2D eigenvalue weighted by atomic mass is 10.3. The van der Waals surface area contributed by atoms with Crippen molar-refractivity contribution in [2.45, 2.75) is 19.7 Å². The Bertz CT molecular complexity index is 447. The first kappa shape index (κ1) is 9.74. The summed E-state index contributed by atoms with van der Waals surface area (Å²) in [4.78, 5) is 5.55. The van der Waals surface area contributed by atoms with Gasteiger partial charge in [0.15, 0.2) is 5.76 Å². The third kappa shape index (κ3) is 1.70. The van der Waals surface area contributed by atoms with Crippen molar-refractivity contribution in [3.63, 3.8) is 0 Å². The SMILES string of the molecule is Cc1ccc(-c2nc(CCl)sc2C)o1. The summed E-state index contributed by atoms with van der Waals surface area (Å²) in [6.45, 7) is 3.95. The molecule has 0 spiro atoms. The molecule has 0 radical (unpaired) electrons. The molecule has 0 aliphatic rings. The lowest BCUT2D eigenvalue weighted by Crippen LogP contribution is -1.78. The van der Waals surface area contributed by atoms with Crippen LogP contribution in [0, 0.1) is 13.8 Å². The van der Waals surface area contributed by atoms with Crippen molar-refractivity contribution in [2.75, 3.05) is 0 Å². The minimum atomic E-state index is 0.463. The van der Waals surface area contributed by atoms with E-state index in [1.54, 1.807) is 11.3 Å². The van der Waals surface area contributed by atoms with Gasteiger partial charge in [0, 0.05) is 4.88 Å². The number of rotatable bonds is 2. The van der Waals surface area contributed by atoms with Crippen LogP contribution in [0.3, 0.4) is 0 Å². The highest BCUT2D eigenvalue weighted by Gasteiger charge is 2.11. The van der Waals surface area contributed by atoms with Crippen molar-refractivity contribution in [2.24, 2.45) is 0 Å². The molecule has 2 aromatic heterocycles. The second kappa shape index (κ2) is 3.75. The zero-order valence-electron chi connectivity index (χ0n) is 8.00. The second-order valence-corrected chi connectivity index (χ2v) is 4.61. The van der Waals surface area contributed by atoms with Crippen molar-refractivity contribution < 1.29 is 4.42 Å². The molecule has 0 aliphatic heterocycles. The Hall–Kier alpha value is -0.800. The summed E-state index contributed by atoms with van der Waals surface area (Å²) in [5, 5.41) is 0.938. The van der Waals surface area contributed by atoms with E-state index in [1.807, 2.05) is 26.0 Å². The molecule has 0 aliphatic carbocycles. The van der Waals surface area contributed by atoms with Crippen LogP contribution in [0.5, 0.6) is 0 Å². The molecule has 2 heterocycles. The maximum atomic E-state index is 5.72. The van der Waals surface area contributed by atoms with E-state index in [0.717, 1.165) is 27.1 Å². The molecule has 2 nitrogen and oxygen atoms in total. The van der Waals surface area contributed by atoms with Crippen molar-refractivity contribution in [3.05, 3.63) is 27.8 Å². The molecule has 0 unspecified atom stereocenters. The first-order valence-corrected chi connectivity index (χ1v) is 5.65. The van der Waals surface area contributed by atoms with Crippen LogP contribution in [0.2, 0.25) is 0 Å². The molecule has 0 saturated carbocycles. The minimum absolute atomic E-state index is 0.463. The van der Waals surface area contributed by atoms with Gasteiger partial charge in [-0.3, -0.25) is 0 Å². The van der Waals surface area contributed by atoms with E-state index < -0.39 is 0 Å². The Kier molecular flexibility index (Phi) is 2.61. The standard InChI is InChI=1S/C10H10ClNOS/c1-6-3-4-8(13-6)10-7(2)14-9(5-11)12-10/h3-4H,5H2,1-2H3. The van der Waals surface area contributed by atoms with Gasteiger partial charge in [0.1, 0.15) is 16.5 Å². The van der Waals surface area contributed by atoms with Crippen LogP contribution in [0.15, 0.2) is 16.5 Å². The maximum absolute atomic E-state index is 5.72. The number of aryl methyl sites for hydroxylation is 2. The van der Waals surface area contributed by atoms with Gasteiger partial charge in [-0.2, -0.15) is 0 Å². The summed E-state index contributed by atoms with van der Waals surface area (Å²) in [6, 6.07) is 3.88. The van der Waals surface area contributed by atoms with Gasteiger partial charge in [-0.1, -0.05) is 0 Å². The van der Waals surface area contributed by atoms with Crippen LogP contribution in [-0.4, -0.2) is 4.98 Å². The summed E-state index contributed by atoms with van der Waals surface area (Å²) in [5.41, 5.74) is 0.916. The lowest BCUT2D eigenvalue weighted by Gasteiger charge is -1.91. The van der Waals surface area contributed by atoms with Gasteiger partial charge in [0.05, 0.1) is 5.88 Å². The van der Waals surface area contributed by atoms with Gasteiger partial charge < -0.3 is 4.42 Å². The summed E-state index contributed by atoms with van der Waals surface area (Å²) >= 11 is 7.34. The Morgan fingerprint density at radius 1 is 1.43 bits per heavy atom. The van der Waals surface area contributed by atoms with Gasteiger partial charge >= 0.3 is 0 Å². The highest BCUT2D eigenvalue weighted by molar-refractivity contribution is 7.12. The van der Waals surface area contributed by atoms with E-state index in [2.05, 4.69) is 4.98 Å². The first-order chi connectivity index (χ1) is 6.70. The van der Waals surface area contributed by atoms with Gasteiger partial charge in [-0.15, -0.1) is 22.9 Å². The third-order valence-corrected chi connectivity index (χ3v) is 3.31. The minimum Gasteiger partial charge on any atom is -0.460 e. The smallest absolute Gasteiger partial charge is 0.153 e. The summed E-state index contributed by atoms with van der Waals surface area (Å²) < 4.78 is 5.51. The van der Waals surface area contributed by atoms with Crippen LogP contribution in [-0.2, 0) is 5.88 Å². The summed E-state index contributed by atoms with van der Waals surface area (Å²) in [7, 11) is 0. The molecule has 2 rings (SSSR count). The van der Waals surface area contributed by atoms with Gasteiger partial charge in [0.2, 0.25) is 0 Å². The number of hydrogen-bond acceptors (Lipinski definition) is 3. The van der Waals surface area contributed by atoms with Crippen molar-refractivity contribution >= 4 is 22.9 Å². The van der Waals surface area contributed by atoms with Crippen LogP contribution in [0.4, 0.5) is 0 Å². The fourth-order valence-electron chi connectivity index (χ4n) is 1.30. The van der Waals surface area contributed by atoms with E-state index in [9.17, 15) is 0 Å². The quantitative estimate of drug-likeness (QED) is 0.731. The average Bonchev–Trinajstić information content (AvgIpc) is 2.71. The predicted octanol–water partition coefficient (Wildman–Crippen LogP) is 3.76. The molecule has 0 bridgehead atoms. The largest absolute Gasteiger partial charge is 0.460 e. The molecular weight excluding hydrogens is 218 g/mol. The fourth-order valence-corrected chi connectivity index (χ4v) is 2.31. The van der Waals surface area contributed by atoms with Crippen molar-refractivity contribution in [1.29, 1.82) is 0 Å². The lowest BCUT2D eigenvalue weighted by molar-refractivity contribution is 0.546. The molecule has 0 fully saturated rings. The second-order valence-electron chi connectivity index (χ2n) is 3.06. The first-order valence-electron chi connectivity index (χ1n) is 4.30. The highest BCUT2D eigenvalue weighted by Crippen LogP contribution is 2.29. The summed E-state index contributed by atoms with van der Waals surface area (Å²) in [6.07, 6.45) is 0. The molecule has 0 N–H and O–H groups in total. The topological polar surface area (TPSA) is 26.0 Å². The van der Waals surface area contributed by atoms with Gasteiger partial charge in [0.25, 0.3) is 0 Å². The fraction of sp³-hybridized carbons (Fsp3) is 0.300. The van der Waals surface area contributed by atoms with E-state index in [0.29, 0.717) is 5.88 Å². The maximum Gasteiger partial charge on any atom is 0.153 e. The Morgan fingerprint density at radius 3 is 2.71 bits per heavy atom. The normalized spacial score (nSPS) is 10.8. The van der Waals surface area contributed by atoms with E-state index in [1.165, 1.54) is 0 Å². The Labute approximate surface area is 91.5 Å². The molecule has 0 aromatic carbocycles. The van der Waals surface area contributed by atoms with E-state index >= 15 is 0 Å². The number of alkyl halides is 1. The number of nitrogens with zero attached hydrogens (tertiary/aromatic N) is 1. The third-order valence-electron chi connectivity index (χ3n) is 1.93. The molecule has 2 aromatic rings. The molecule has 4 heteroatoms. The van der Waals surface area contributed by atoms with E-state index in [-0.39, 0.29) is 0 Å². The number of hydrogen-bond donors (Lipinski definition) is 0.